The third-order valence-corrected chi connectivity index (χ3v) is 8.48. The van der Waals surface area contributed by atoms with E-state index in [1.54, 1.807) is 30.3 Å². The van der Waals surface area contributed by atoms with Crippen LogP contribution in [0, 0.1) is 5.41 Å². The molecule has 2 aromatic carbocycles. The topological polar surface area (TPSA) is 108 Å². The van der Waals surface area contributed by atoms with Gasteiger partial charge in [-0.25, -0.2) is 13.2 Å². The maximum Gasteiger partial charge on any atom is 0.338 e. The van der Waals surface area contributed by atoms with Crippen molar-refractivity contribution in [1.82, 2.24) is 4.90 Å². The molecule has 8 nitrogen and oxygen atoms in total. The number of rotatable bonds is 9. The highest BCUT2D eigenvalue weighted by Crippen LogP contribution is 2.38. The number of morpholine rings is 1. The SMILES string of the molecule is CC1CCCc2ccc(NS(=O)(=O)c3ccccc3NCC(C)(C)CN3CCOCC3)c(C(=O)O)c21. The molecule has 1 heterocycles. The Kier molecular flexibility index (Phi) is 7.92. The van der Waals surface area contributed by atoms with Crippen LogP contribution in [-0.4, -0.2) is 63.8 Å². The van der Waals surface area contributed by atoms with E-state index in [1.165, 1.54) is 0 Å². The number of ether oxygens (including phenoxy) is 1. The molecule has 1 fully saturated rings. The molecule has 4 rings (SSSR count). The number of nitrogens with one attached hydrogen (secondary N) is 2. The number of para-hydroxylation sites is 1. The fraction of sp³-hybridized carbons (Fsp3) is 0.519. The standard InChI is InChI=1S/C27H37N3O5S/c1-19-7-6-8-20-11-12-22(25(24(19)20)26(31)32)29-36(33,34)23-10-5-4-9-21(23)28-17-27(2,3)18-30-13-15-35-16-14-30/h4-5,9-12,19,28-29H,6-8,13-18H2,1-3H3,(H,31,32). The number of carbonyl (C=O) groups is 1. The third-order valence-electron chi connectivity index (χ3n) is 7.06. The van der Waals surface area contributed by atoms with Gasteiger partial charge in [-0.1, -0.05) is 39.0 Å². The Labute approximate surface area is 214 Å². The van der Waals surface area contributed by atoms with E-state index in [2.05, 4.69) is 28.8 Å². The summed E-state index contributed by atoms with van der Waals surface area (Å²) in [6, 6.07) is 10.2. The van der Waals surface area contributed by atoms with E-state index in [1.807, 2.05) is 13.0 Å². The van der Waals surface area contributed by atoms with Crippen LogP contribution in [0.3, 0.4) is 0 Å². The van der Waals surface area contributed by atoms with Gasteiger partial charge < -0.3 is 15.2 Å². The Hall–Kier alpha value is -2.62. The molecule has 0 amide bonds. The summed E-state index contributed by atoms with van der Waals surface area (Å²) in [6.07, 6.45) is 2.69. The van der Waals surface area contributed by atoms with Crippen molar-refractivity contribution in [2.24, 2.45) is 5.41 Å². The number of hydrogen-bond donors (Lipinski definition) is 3. The zero-order chi connectivity index (χ0) is 25.9. The number of sulfonamides is 1. The normalized spacial score (nSPS) is 18.9. The average molecular weight is 516 g/mol. The number of hydrogen-bond acceptors (Lipinski definition) is 6. The van der Waals surface area contributed by atoms with Gasteiger partial charge in [-0.15, -0.1) is 0 Å². The number of fused-ring (bicyclic) bond motifs is 1. The maximum absolute atomic E-state index is 13.5. The first-order valence-electron chi connectivity index (χ1n) is 12.6. The van der Waals surface area contributed by atoms with Gasteiger partial charge in [0.25, 0.3) is 10.0 Å². The lowest BCUT2D eigenvalue weighted by molar-refractivity contribution is 0.0229. The number of aryl methyl sites for hydroxylation is 1. The van der Waals surface area contributed by atoms with E-state index in [4.69, 9.17) is 4.74 Å². The fourth-order valence-electron chi connectivity index (χ4n) is 5.30. The first-order valence-corrected chi connectivity index (χ1v) is 14.1. The Balaban J connectivity index is 1.56. The van der Waals surface area contributed by atoms with E-state index in [0.29, 0.717) is 12.2 Å². The van der Waals surface area contributed by atoms with E-state index in [9.17, 15) is 18.3 Å². The lowest BCUT2D eigenvalue weighted by Gasteiger charge is -2.35. The summed E-state index contributed by atoms with van der Waals surface area (Å²) in [5.74, 6) is -1.05. The molecule has 1 aliphatic heterocycles. The van der Waals surface area contributed by atoms with Crippen LogP contribution < -0.4 is 10.0 Å². The fourth-order valence-corrected chi connectivity index (χ4v) is 6.56. The Morgan fingerprint density at radius 3 is 2.58 bits per heavy atom. The summed E-state index contributed by atoms with van der Waals surface area (Å²) in [4.78, 5) is 14.7. The van der Waals surface area contributed by atoms with Gasteiger partial charge in [0.2, 0.25) is 0 Å². The number of nitrogens with zero attached hydrogens (tertiary/aromatic N) is 1. The van der Waals surface area contributed by atoms with Crippen molar-refractivity contribution in [3.8, 4) is 0 Å². The number of aromatic carboxylic acids is 1. The first kappa shape index (κ1) is 26.4. The molecule has 2 aliphatic rings. The van der Waals surface area contributed by atoms with Crippen LogP contribution in [0.5, 0.6) is 0 Å². The van der Waals surface area contributed by atoms with Crippen LogP contribution in [0.1, 0.15) is 61.0 Å². The number of carboxylic acids is 1. The minimum atomic E-state index is -4.04. The van der Waals surface area contributed by atoms with Gasteiger partial charge in [0.1, 0.15) is 4.90 Å². The molecule has 0 bridgehead atoms. The molecule has 1 atom stereocenters. The molecule has 0 saturated carbocycles. The van der Waals surface area contributed by atoms with Gasteiger partial charge in [0, 0.05) is 26.2 Å². The molecule has 1 aliphatic carbocycles. The molecule has 1 unspecified atom stereocenters. The van der Waals surface area contributed by atoms with Crippen LogP contribution in [-0.2, 0) is 21.2 Å². The van der Waals surface area contributed by atoms with Gasteiger partial charge in [-0.3, -0.25) is 9.62 Å². The van der Waals surface area contributed by atoms with Crippen LogP contribution in [0.4, 0.5) is 11.4 Å². The van der Waals surface area contributed by atoms with E-state index in [0.717, 1.165) is 63.2 Å². The van der Waals surface area contributed by atoms with Gasteiger partial charge in [-0.2, -0.15) is 0 Å². The van der Waals surface area contributed by atoms with E-state index in [-0.39, 0.29) is 27.5 Å². The summed E-state index contributed by atoms with van der Waals surface area (Å²) in [7, 11) is -4.04. The van der Waals surface area contributed by atoms with Crippen LogP contribution >= 0.6 is 0 Å². The molecule has 2 aromatic rings. The molecule has 0 radical (unpaired) electrons. The zero-order valence-electron chi connectivity index (χ0n) is 21.3. The van der Waals surface area contributed by atoms with Crippen LogP contribution in [0.15, 0.2) is 41.3 Å². The van der Waals surface area contributed by atoms with Crippen molar-refractivity contribution in [2.75, 3.05) is 49.4 Å². The lowest BCUT2D eigenvalue weighted by atomic mass is 9.80. The largest absolute Gasteiger partial charge is 0.478 e. The number of benzene rings is 2. The minimum Gasteiger partial charge on any atom is -0.478 e. The average Bonchev–Trinajstić information content (AvgIpc) is 2.83. The second-order valence-corrected chi connectivity index (χ2v) is 12.3. The maximum atomic E-state index is 13.5. The smallest absolute Gasteiger partial charge is 0.338 e. The lowest BCUT2D eigenvalue weighted by Crippen LogP contribution is -2.44. The molecule has 3 N–H and O–H groups in total. The van der Waals surface area contributed by atoms with E-state index < -0.39 is 16.0 Å². The molecule has 196 valence electrons. The second kappa shape index (κ2) is 10.8. The summed E-state index contributed by atoms with van der Waals surface area (Å²) in [5, 5.41) is 13.3. The Bertz CT molecular complexity index is 1210. The highest BCUT2D eigenvalue weighted by Gasteiger charge is 2.29. The summed E-state index contributed by atoms with van der Waals surface area (Å²) < 4.78 is 35.1. The van der Waals surface area contributed by atoms with Gasteiger partial charge >= 0.3 is 5.97 Å². The van der Waals surface area contributed by atoms with E-state index >= 15 is 0 Å². The molecule has 0 aromatic heterocycles. The molecule has 0 spiro atoms. The number of anilines is 2. The number of carboxylic acid groups (broad SMARTS) is 1. The molecule has 36 heavy (non-hydrogen) atoms. The third kappa shape index (κ3) is 6.02. The summed E-state index contributed by atoms with van der Waals surface area (Å²) in [5.41, 5.74) is 2.28. The highest BCUT2D eigenvalue weighted by atomic mass is 32.2. The van der Waals surface area contributed by atoms with Crippen LogP contribution in [0.25, 0.3) is 0 Å². The zero-order valence-corrected chi connectivity index (χ0v) is 22.2. The highest BCUT2D eigenvalue weighted by molar-refractivity contribution is 7.92. The monoisotopic (exact) mass is 515 g/mol. The van der Waals surface area contributed by atoms with Gasteiger partial charge in [0.15, 0.2) is 0 Å². The quantitative estimate of drug-likeness (QED) is 0.454. The van der Waals surface area contributed by atoms with Crippen molar-refractivity contribution >= 4 is 27.4 Å². The Morgan fingerprint density at radius 1 is 1.14 bits per heavy atom. The minimum absolute atomic E-state index is 0.0559. The predicted octanol–water partition coefficient (Wildman–Crippen LogP) is 4.40. The predicted molar refractivity (Wildman–Crippen MR) is 142 cm³/mol. The van der Waals surface area contributed by atoms with Crippen molar-refractivity contribution in [1.29, 1.82) is 0 Å². The second-order valence-electron chi connectivity index (χ2n) is 10.7. The van der Waals surface area contributed by atoms with Gasteiger partial charge in [-0.05, 0) is 59.9 Å². The van der Waals surface area contributed by atoms with Crippen molar-refractivity contribution in [3.05, 3.63) is 53.1 Å². The summed E-state index contributed by atoms with van der Waals surface area (Å²) >= 11 is 0. The van der Waals surface area contributed by atoms with Crippen molar-refractivity contribution in [2.45, 2.75) is 50.8 Å². The van der Waals surface area contributed by atoms with Crippen LogP contribution in [0.2, 0.25) is 0 Å². The molecular weight excluding hydrogens is 478 g/mol. The molecule has 1 saturated heterocycles. The van der Waals surface area contributed by atoms with Crippen molar-refractivity contribution < 1.29 is 23.1 Å². The molecule has 9 heteroatoms. The first-order chi connectivity index (χ1) is 17.1. The van der Waals surface area contributed by atoms with Crippen molar-refractivity contribution in [3.63, 3.8) is 0 Å². The van der Waals surface area contributed by atoms with Gasteiger partial charge in [0.05, 0.1) is 30.2 Å². The summed E-state index contributed by atoms with van der Waals surface area (Å²) in [6.45, 7) is 11.0. The molecular formula is C27H37N3O5S. The Morgan fingerprint density at radius 2 is 1.86 bits per heavy atom.